The first-order valence-electron chi connectivity index (χ1n) is 6.13. The maximum Gasteiger partial charge on any atom is 0.265 e. The van der Waals surface area contributed by atoms with Gasteiger partial charge >= 0.3 is 0 Å². The molecule has 2 aromatic rings. The Hall–Kier alpha value is -1.31. The van der Waals surface area contributed by atoms with Crippen LogP contribution in [0.5, 0.6) is 0 Å². The average molecular weight is 346 g/mol. The van der Waals surface area contributed by atoms with Gasteiger partial charge in [0.25, 0.3) is 10.0 Å². The van der Waals surface area contributed by atoms with E-state index in [0.29, 0.717) is 10.2 Å². The summed E-state index contributed by atoms with van der Waals surface area (Å²) in [4.78, 5) is 4.29. The molecule has 0 fully saturated rings. The Morgan fingerprint density at radius 1 is 1.33 bits per heavy atom. The van der Waals surface area contributed by atoms with Gasteiger partial charge in [0, 0.05) is 15.8 Å². The van der Waals surface area contributed by atoms with E-state index in [2.05, 4.69) is 9.71 Å². The summed E-state index contributed by atoms with van der Waals surface area (Å²) in [7, 11) is -3.78. The molecule has 0 bridgehead atoms. The van der Waals surface area contributed by atoms with Gasteiger partial charge in [-0.2, -0.15) is 0 Å². The van der Waals surface area contributed by atoms with Crippen molar-refractivity contribution in [2.45, 2.75) is 31.1 Å². The summed E-state index contributed by atoms with van der Waals surface area (Å²) in [6.07, 6.45) is 0. The van der Waals surface area contributed by atoms with E-state index < -0.39 is 10.0 Å². The summed E-state index contributed by atoms with van der Waals surface area (Å²) in [5, 5.41) is 2.54. The molecule has 0 spiro atoms. The normalized spacial score (nSPS) is 12.4. The lowest BCUT2D eigenvalue weighted by molar-refractivity contribution is 0.573. The van der Waals surface area contributed by atoms with E-state index in [1.165, 1.54) is 29.5 Å². The van der Waals surface area contributed by atoms with Gasteiger partial charge in [-0.1, -0.05) is 32.4 Å². The molecule has 2 rings (SSSR count). The molecule has 21 heavy (non-hydrogen) atoms. The van der Waals surface area contributed by atoms with Crippen molar-refractivity contribution in [1.82, 2.24) is 4.98 Å². The summed E-state index contributed by atoms with van der Waals surface area (Å²) in [5.74, 6) is 0. The van der Waals surface area contributed by atoms with Gasteiger partial charge in [0.2, 0.25) is 0 Å². The number of aromatic nitrogens is 1. The van der Waals surface area contributed by atoms with Crippen molar-refractivity contribution in [3.8, 4) is 0 Å². The van der Waals surface area contributed by atoms with Crippen molar-refractivity contribution in [3.63, 3.8) is 0 Å². The first-order chi connectivity index (χ1) is 9.59. The van der Waals surface area contributed by atoms with Gasteiger partial charge in [0.15, 0.2) is 5.13 Å². The number of anilines is 2. The van der Waals surface area contributed by atoms with Gasteiger partial charge in [-0.3, -0.25) is 4.72 Å². The minimum atomic E-state index is -3.78. The zero-order chi connectivity index (χ0) is 15.8. The molecule has 0 aliphatic rings. The van der Waals surface area contributed by atoms with Crippen LogP contribution in [0.25, 0.3) is 0 Å². The molecule has 5 nitrogen and oxygen atoms in total. The monoisotopic (exact) mass is 345 g/mol. The summed E-state index contributed by atoms with van der Waals surface area (Å²) in [6, 6.07) is 4.26. The number of nitrogen functional groups attached to an aromatic ring is 1. The van der Waals surface area contributed by atoms with E-state index in [-0.39, 0.29) is 16.0 Å². The SMILES string of the molecule is CC(C)(C)c1csc(NS(=O)(=O)c2ccc(Cl)cc2N)n1. The second-order valence-electron chi connectivity index (χ2n) is 5.58. The standard InChI is InChI=1S/C13H16ClN3O2S2/c1-13(2,3)11-7-20-12(16-11)17-21(18,19)10-5-4-8(14)6-9(10)15/h4-7H,15H2,1-3H3,(H,16,17). The van der Waals surface area contributed by atoms with E-state index >= 15 is 0 Å². The molecule has 0 radical (unpaired) electrons. The third kappa shape index (κ3) is 3.66. The summed E-state index contributed by atoms with van der Waals surface area (Å²) in [6.45, 7) is 6.03. The van der Waals surface area contributed by atoms with Crippen LogP contribution in [0.15, 0.2) is 28.5 Å². The minimum absolute atomic E-state index is 0.0144. The fraction of sp³-hybridized carbons (Fsp3) is 0.308. The fourth-order valence-electron chi connectivity index (χ4n) is 1.60. The molecule has 0 aliphatic carbocycles. The van der Waals surface area contributed by atoms with Crippen LogP contribution in [0.4, 0.5) is 10.8 Å². The fourth-order valence-corrected chi connectivity index (χ4v) is 4.08. The number of thiazole rings is 1. The van der Waals surface area contributed by atoms with E-state index in [1.807, 2.05) is 26.2 Å². The highest BCUT2D eigenvalue weighted by Crippen LogP contribution is 2.29. The largest absolute Gasteiger partial charge is 0.398 e. The van der Waals surface area contributed by atoms with Gasteiger partial charge < -0.3 is 5.73 Å². The zero-order valence-corrected chi connectivity index (χ0v) is 14.2. The topological polar surface area (TPSA) is 85.1 Å². The average Bonchev–Trinajstić information content (AvgIpc) is 2.75. The highest BCUT2D eigenvalue weighted by Gasteiger charge is 2.22. The van der Waals surface area contributed by atoms with Crippen LogP contribution >= 0.6 is 22.9 Å². The molecule has 0 saturated heterocycles. The molecule has 0 unspecified atom stereocenters. The van der Waals surface area contributed by atoms with Crippen LogP contribution in [-0.2, 0) is 15.4 Å². The number of nitrogens with zero attached hydrogens (tertiary/aromatic N) is 1. The van der Waals surface area contributed by atoms with E-state index in [4.69, 9.17) is 17.3 Å². The lowest BCUT2D eigenvalue weighted by atomic mass is 9.93. The predicted octanol–water partition coefficient (Wildman–Crippen LogP) is 3.48. The Balaban J connectivity index is 2.31. The minimum Gasteiger partial charge on any atom is -0.398 e. The molecule has 0 amide bonds. The number of hydrogen-bond donors (Lipinski definition) is 2. The lowest BCUT2D eigenvalue weighted by Crippen LogP contribution is -2.16. The quantitative estimate of drug-likeness (QED) is 0.834. The Kier molecular flexibility index (Phi) is 4.19. The Bertz CT molecular complexity index is 764. The first kappa shape index (κ1) is 16.1. The van der Waals surface area contributed by atoms with Gasteiger partial charge in [0.05, 0.1) is 11.4 Å². The van der Waals surface area contributed by atoms with Crippen molar-refractivity contribution in [3.05, 3.63) is 34.3 Å². The number of rotatable bonds is 3. The molecule has 3 N–H and O–H groups in total. The summed E-state index contributed by atoms with van der Waals surface area (Å²) >= 11 is 7.01. The molecule has 0 saturated carbocycles. The summed E-state index contributed by atoms with van der Waals surface area (Å²) < 4.78 is 27.1. The van der Waals surface area contributed by atoms with E-state index in [1.54, 1.807) is 0 Å². The molecular weight excluding hydrogens is 330 g/mol. The van der Waals surface area contributed by atoms with Crippen LogP contribution in [0.2, 0.25) is 5.02 Å². The van der Waals surface area contributed by atoms with Crippen molar-refractivity contribution in [2.24, 2.45) is 0 Å². The predicted molar refractivity (Wildman–Crippen MR) is 87.5 cm³/mol. The molecule has 1 aromatic carbocycles. The molecular formula is C13H16ClN3O2S2. The van der Waals surface area contributed by atoms with E-state index in [9.17, 15) is 8.42 Å². The van der Waals surface area contributed by atoms with Crippen LogP contribution in [0.3, 0.4) is 0 Å². The van der Waals surface area contributed by atoms with Crippen molar-refractivity contribution < 1.29 is 8.42 Å². The van der Waals surface area contributed by atoms with Crippen molar-refractivity contribution in [1.29, 1.82) is 0 Å². The number of benzene rings is 1. The number of halogens is 1. The van der Waals surface area contributed by atoms with Crippen molar-refractivity contribution in [2.75, 3.05) is 10.5 Å². The first-order valence-corrected chi connectivity index (χ1v) is 8.87. The highest BCUT2D eigenvalue weighted by molar-refractivity contribution is 7.93. The molecule has 114 valence electrons. The van der Waals surface area contributed by atoms with Gasteiger partial charge in [0.1, 0.15) is 4.90 Å². The van der Waals surface area contributed by atoms with Crippen LogP contribution < -0.4 is 10.5 Å². The highest BCUT2D eigenvalue weighted by atomic mass is 35.5. The summed E-state index contributed by atoms with van der Waals surface area (Å²) in [5.41, 5.74) is 6.50. The van der Waals surface area contributed by atoms with Gasteiger partial charge in [-0.25, -0.2) is 13.4 Å². The van der Waals surface area contributed by atoms with Crippen LogP contribution in [0.1, 0.15) is 26.5 Å². The Morgan fingerprint density at radius 2 is 2.00 bits per heavy atom. The number of hydrogen-bond acceptors (Lipinski definition) is 5. The van der Waals surface area contributed by atoms with E-state index in [0.717, 1.165) is 5.69 Å². The Labute approximate surface area is 133 Å². The molecule has 0 atom stereocenters. The maximum absolute atomic E-state index is 12.3. The number of nitrogens with one attached hydrogen (secondary N) is 1. The van der Waals surface area contributed by atoms with Crippen LogP contribution in [-0.4, -0.2) is 13.4 Å². The molecule has 1 heterocycles. The third-order valence-electron chi connectivity index (χ3n) is 2.76. The maximum atomic E-state index is 12.3. The van der Waals surface area contributed by atoms with Crippen molar-refractivity contribution >= 4 is 43.8 Å². The molecule has 0 aliphatic heterocycles. The number of nitrogens with two attached hydrogens (primary N) is 1. The lowest BCUT2D eigenvalue weighted by Gasteiger charge is -2.14. The third-order valence-corrected chi connectivity index (χ3v) is 5.29. The molecule has 1 aromatic heterocycles. The Morgan fingerprint density at radius 3 is 2.52 bits per heavy atom. The second kappa shape index (κ2) is 5.47. The van der Waals surface area contributed by atoms with Crippen LogP contribution in [0, 0.1) is 0 Å². The van der Waals surface area contributed by atoms with Gasteiger partial charge in [-0.15, -0.1) is 11.3 Å². The zero-order valence-electron chi connectivity index (χ0n) is 11.8. The molecule has 8 heteroatoms. The smallest absolute Gasteiger partial charge is 0.265 e. The second-order valence-corrected chi connectivity index (χ2v) is 8.52. The number of sulfonamides is 1. The van der Waals surface area contributed by atoms with Gasteiger partial charge in [-0.05, 0) is 18.2 Å².